The first-order chi connectivity index (χ1) is 4.10. The highest BCUT2D eigenvalue weighted by molar-refractivity contribution is 5.01. The maximum Gasteiger partial charge on any atom is -0.0271 e. The van der Waals surface area contributed by atoms with Crippen LogP contribution in [0.3, 0.4) is 0 Å². The molecule has 1 saturated carbocycles. The molecule has 0 nitrogen and oxygen atoms in total. The van der Waals surface area contributed by atoms with Gasteiger partial charge in [-0.05, 0) is 31.1 Å². The van der Waals surface area contributed by atoms with Crippen LogP contribution in [0.15, 0.2) is 12.2 Å². The molecule has 9 heavy (non-hydrogen) atoms. The molecule has 0 N–H and O–H groups in total. The van der Waals surface area contributed by atoms with Crippen molar-refractivity contribution in [3.63, 3.8) is 0 Å². The van der Waals surface area contributed by atoms with Crippen LogP contribution in [0.4, 0.5) is 0 Å². The molecule has 0 radical (unpaired) electrons. The minimum atomic E-state index is 0.551. The van der Waals surface area contributed by atoms with Gasteiger partial charge in [0.2, 0.25) is 0 Å². The Kier molecular flexibility index (Phi) is 1.65. The fourth-order valence-electron chi connectivity index (χ4n) is 1.67. The summed E-state index contributed by atoms with van der Waals surface area (Å²) in [5.74, 6) is 0. The van der Waals surface area contributed by atoms with E-state index in [0.717, 1.165) is 0 Å². The molecule has 0 aromatic rings. The average molecular weight is 124 g/mol. The van der Waals surface area contributed by atoms with Crippen LogP contribution in [-0.4, -0.2) is 0 Å². The fraction of sp³-hybridized carbons (Fsp3) is 0.778. The van der Waals surface area contributed by atoms with Gasteiger partial charge in [-0.3, -0.25) is 0 Å². The normalized spacial score (nSPS) is 26.2. The van der Waals surface area contributed by atoms with Gasteiger partial charge in [0, 0.05) is 0 Å². The monoisotopic (exact) mass is 124 g/mol. The maximum absolute atomic E-state index is 4.01. The Morgan fingerprint density at radius 1 is 1.44 bits per heavy atom. The topological polar surface area (TPSA) is 0 Å². The van der Waals surface area contributed by atoms with Gasteiger partial charge in [-0.1, -0.05) is 26.0 Å². The van der Waals surface area contributed by atoms with E-state index in [0.29, 0.717) is 5.41 Å². The molecule has 0 bridgehead atoms. The van der Waals surface area contributed by atoms with Gasteiger partial charge in [-0.25, -0.2) is 0 Å². The van der Waals surface area contributed by atoms with Crippen LogP contribution in [0, 0.1) is 5.41 Å². The van der Waals surface area contributed by atoms with Crippen molar-refractivity contribution in [1.29, 1.82) is 0 Å². The Bertz CT molecular complexity index is 120. The van der Waals surface area contributed by atoms with E-state index in [1.807, 2.05) is 0 Å². The summed E-state index contributed by atoms with van der Waals surface area (Å²) >= 11 is 0. The summed E-state index contributed by atoms with van der Waals surface area (Å²) in [6.45, 7) is 8.67. The van der Waals surface area contributed by atoms with Crippen LogP contribution in [0.1, 0.15) is 39.5 Å². The van der Waals surface area contributed by atoms with Crippen LogP contribution in [0.5, 0.6) is 0 Å². The van der Waals surface area contributed by atoms with E-state index >= 15 is 0 Å². The van der Waals surface area contributed by atoms with Gasteiger partial charge in [-0.15, -0.1) is 0 Å². The van der Waals surface area contributed by atoms with Crippen molar-refractivity contribution in [3.05, 3.63) is 12.2 Å². The maximum atomic E-state index is 4.01. The number of allylic oxidation sites excluding steroid dienone is 1. The first kappa shape index (κ1) is 6.85. The largest absolute Gasteiger partial charge is 0.0998 e. The number of hydrogen-bond donors (Lipinski definition) is 0. The van der Waals surface area contributed by atoms with Crippen molar-refractivity contribution in [3.8, 4) is 0 Å². The van der Waals surface area contributed by atoms with Crippen LogP contribution in [0.2, 0.25) is 0 Å². The first-order valence-electron chi connectivity index (χ1n) is 3.77. The predicted molar refractivity (Wildman–Crippen MR) is 41.4 cm³/mol. The second kappa shape index (κ2) is 2.17. The summed E-state index contributed by atoms with van der Waals surface area (Å²) in [6, 6.07) is 0. The lowest BCUT2D eigenvalue weighted by Crippen LogP contribution is -2.16. The van der Waals surface area contributed by atoms with Crippen molar-refractivity contribution in [2.24, 2.45) is 5.41 Å². The molecule has 52 valence electrons. The summed E-state index contributed by atoms with van der Waals surface area (Å²) in [5, 5.41) is 0. The molecule has 0 spiro atoms. The average Bonchev–Trinajstić information content (AvgIpc) is 1.60. The zero-order chi connectivity index (χ0) is 6.91. The predicted octanol–water partition coefficient (Wildman–Crippen LogP) is 3.14. The molecule has 0 heteroatoms. The second-order valence-corrected chi connectivity index (χ2v) is 3.94. The van der Waals surface area contributed by atoms with E-state index in [2.05, 4.69) is 20.4 Å². The summed E-state index contributed by atoms with van der Waals surface area (Å²) in [7, 11) is 0. The van der Waals surface area contributed by atoms with Crippen LogP contribution >= 0.6 is 0 Å². The van der Waals surface area contributed by atoms with E-state index in [1.54, 1.807) is 0 Å². The summed E-state index contributed by atoms with van der Waals surface area (Å²) < 4.78 is 0. The van der Waals surface area contributed by atoms with Crippen molar-refractivity contribution < 1.29 is 0 Å². The Morgan fingerprint density at radius 3 is 2.44 bits per heavy atom. The molecule has 1 fully saturated rings. The molecule has 1 rings (SSSR count). The Morgan fingerprint density at radius 2 is 2.11 bits per heavy atom. The standard InChI is InChI=1S/C9H16/c1-8-5-4-6-9(2,3)7-8/h1,4-7H2,2-3H3. The Hall–Kier alpha value is -0.260. The molecule has 0 aliphatic heterocycles. The van der Waals surface area contributed by atoms with Crippen molar-refractivity contribution in [1.82, 2.24) is 0 Å². The summed E-state index contributed by atoms with van der Waals surface area (Å²) in [6.07, 6.45) is 5.24. The van der Waals surface area contributed by atoms with Crippen molar-refractivity contribution in [2.75, 3.05) is 0 Å². The highest BCUT2D eigenvalue weighted by Crippen LogP contribution is 2.36. The highest BCUT2D eigenvalue weighted by Gasteiger charge is 2.22. The van der Waals surface area contributed by atoms with E-state index in [1.165, 1.54) is 31.3 Å². The Balaban J connectivity index is 2.51. The quantitative estimate of drug-likeness (QED) is 0.435. The molecular formula is C9H16. The minimum Gasteiger partial charge on any atom is -0.0998 e. The molecule has 0 aromatic carbocycles. The second-order valence-electron chi connectivity index (χ2n) is 3.94. The van der Waals surface area contributed by atoms with E-state index in [9.17, 15) is 0 Å². The molecule has 0 saturated heterocycles. The lowest BCUT2D eigenvalue weighted by atomic mass is 9.76. The van der Waals surface area contributed by atoms with Gasteiger partial charge in [0.15, 0.2) is 0 Å². The fourth-order valence-corrected chi connectivity index (χ4v) is 1.67. The smallest absolute Gasteiger partial charge is 0.0271 e. The van der Waals surface area contributed by atoms with Gasteiger partial charge >= 0.3 is 0 Å². The third kappa shape index (κ3) is 1.85. The summed E-state index contributed by atoms with van der Waals surface area (Å²) in [5.41, 5.74) is 2.00. The lowest BCUT2D eigenvalue weighted by Gasteiger charge is -2.30. The third-order valence-corrected chi connectivity index (χ3v) is 2.11. The number of rotatable bonds is 0. The van der Waals surface area contributed by atoms with Crippen LogP contribution in [0.25, 0.3) is 0 Å². The first-order valence-corrected chi connectivity index (χ1v) is 3.77. The SMILES string of the molecule is C=C1CCCC(C)(C)C1. The van der Waals surface area contributed by atoms with Crippen molar-refractivity contribution >= 4 is 0 Å². The van der Waals surface area contributed by atoms with Gasteiger partial charge in [0.1, 0.15) is 0 Å². The molecule has 0 amide bonds. The van der Waals surface area contributed by atoms with Gasteiger partial charge in [0.25, 0.3) is 0 Å². The van der Waals surface area contributed by atoms with E-state index in [4.69, 9.17) is 0 Å². The lowest BCUT2D eigenvalue weighted by molar-refractivity contribution is 0.290. The minimum absolute atomic E-state index is 0.551. The molecule has 1 aliphatic rings. The van der Waals surface area contributed by atoms with E-state index < -0.39 is 0 Å². The van der Waals surface area contributed by atoms with Gasteiger partial charge in [0.05, 0.1) is 0 Å². The zero-order valence-corrected chi connectivity index (χ0v) is 6.54. The molecule has 0 heterocycles. The molecule has 1 aliphatic carbocycles. The molecule has 0 unspecified atom stereocenters. The van der Waals surface area contributed by atoms with Gasteiger partial charge in [-0.2, -0.15) is 0 Å². The molecule has 0 atom stereocenters. The molecular weight excluding hydrogens is 108 g/mol. The van der Waals surface area contributed by atoms with Crippen molar-refractivity contribution in [2.45, 2.75) is 39.5 Å². The highest BCUT2D eigenvalue weighted by atomic mass is 14.3. The van der Waals surface area contributed by atoms with E-state index in [-0.39, 0.29) is 0 Å². The van der Waals surface area contributed by atoms with Gasteiger partial charge < -0.3 is 0 Å². The Labute approximate surface area is 58.0 Å². The van der Waals surface area contributed by atoms with Crippen LogP contribution < -0.4 is 0 Å². The van der Waals surface area contributed by atoms with Crippen LogP contribution in [-0.2, 0) is 0 Å². The third-order valence-electron chi connectivity index (χ3n) is 2.11. The molecule has 0 aromatic heterocycles. The zero-order valence-electron chi connectivity index (χ0n) is 6.54. The number of hydrogen-bond acceptors (Lipinski definition) is 0. The summed E-state index contributed by atoms with van der Waals surface area (Å²) in [4.78, 5) is 0.